The van der Waals surface area contributed by atoms with E-state index in [9.17, 15) is 17.2 Å². The van der Waals surface area contributed by atoms with Gasteiger partial charge in [0.15, 0.2) is 0 Å². The highest BCUT2D eigenvalue weighted by molar-refractivity contribution is 9.10. The lowest BCUT2D eigenvalue weighted by atomic mass is 10.1. The van der Waals surface area contributed by atoms with Gasteiger partial charge in [-0.1, -0.05) is 24.3 Å². The zero-order chi connectivity index (χ0) is 17.0. The Kier molecular flexibility index (Phi) is 5.72. The number of halogens is 3. The van der Waals surface area contributed by atoms with Gasteiger partial charge in [-0.05, 0) is 52.7 Å². The average molecular weight is 406 g/mol. The molecule has 2 aromatic rings. The van der Waals surface area contributed by atoms with E-state index in [0.717, 1.165) is 0 Å². The normalized spacial score (nSPS) is 13.1. The molecule has 0 amide bonds. The van der Waals surface area contributed by atoms with Crippen LogP contribution in [0.3, 0.4) is 0 Å². The van der Waals surface area contributed by atoms with Crippen molar-refractivity contribution in [1.82, 2.24) is 4.72 Å². The summed E-state index contributed by atoms with van der Waals surface area (Å²) in [5.41, 5.74) is 0.513. The molecule has 1 N–H and O–H groups in total. The molecule has 0 spiro atoms. The number of sulfonamides is 1. The van der Waals surface area contributed by atoms with Crippen molar-refractivity contribution in [2.45, 2.75) is 24.5 Å². The molecule has 0 fully saturated rings. The van der Waals surface area contributed by atoms with E-state index in [1.165, 1.54) is 24.3 Å². The van der Waals surface area contributed by atoms with Crippen LogP contribution < -0.4 is 9.46 Å². The predicted octanol–water partition coefficient (Wildman–Crippen LogP) is 4.09. The van der Waals surface area contributed by atoms with Crippen molar-refractivity contribution in [2.24, 2.45) is 0 Å². The minimum Gasteiger partial charge on any atom is -0.435 e. The molecule has 2 rings (SSSR count). The summed E-state index contributed by atoms with van der Waals surface area (Å²) in [6, 6.07) is 11.7. The third-order valence-electron chi connectivity index (χ3n) is 3.04. The molecule has 23 heavy (non-hydrogen) atoms. The lowest BCUT2D eigenvalue weighted by molar-refractivity contribution is -0.0499. The highest BCUT2D eigenvalue weighted by Crippen LogP contribution is 2.25. The molecule has 0 aromatic heterocycles. The smallest absolute Gasteiger partial charge is 0.387 e. The number of alkyl halides is 2. The van der Waals surface area contributed by atoms with Crippen LogP contribution in [-0.4, -0.2) is 15.0 Å². The summed E-state index contributed by atoms with van der Waals surface area (Å²) in [6.07, 6.45) is 0. The quantitative estimate of drug-likeness (QED) is 0.787. The van der Waals surface area contributed by atoms with Gasteiger partial charge in [-0.3, -0.25) is 0 Å². The van der Waals surface area contributed by atoms with Crippen molar-refractivity contribution in [2.75, 3.05) is 0 Å². The second-order valence-electron chi connectivity index (χ2n) is 4.72. The third-order valence-corrected chi connectivity index (χ3v) is 5.59. The molecular weight excluding hydrogens is 392 g/mol. The van der Waals surface area contributed by atoms with Crippen LogP contribution in [0.2, 0.25) is 0 Å². The molecular formula is C15H14BrF2NO3S. The van der Waals surface area contributed by atoms with Gasteiger partial charge >= 0.3 is 6.61 Å². The maximum atomic E-state index is 12.4. The first-order valence-corrected chi connectivity index (χ1v) is 8.89. The minimum atomic E-state index is -3.76. The van der Waals surface area contributed by atoms with Gasteiger partial charge in [-0.15, -0.1) is 0 Å². The molecule has 0 radical (unpaired) electrons. The SMILES string of the molecule is C[C@H](NS(=O)(=O)c1ccccc1Br)c1cccc(OC(F)F)c1. The molecule has 8 heteroatoms. The van der Waals surface area contributed by atoms with E-state index < -0.39 is 22.7 Å². The van der Waals surface area contributed by atoms with E-state index in [-0.39, 0.29) is 10.6 Å². The Morgan fingerprint density at radius 3 is 2.48 bits per heavy atom. The molecule has 0 aliphatic carbocycles. The Morgan fingerprint density at radius 1 is 1.13 bits per heavy atom. The molecule has 4 nitrogen and oxygen atoms in total. The first kappa shape index (κ1) is 17.8. The Bertz CT molecular complexity index is 784. The summed E-state index contributed by atoms with van der Waals surface area (Å²) in [5, 5.41) is 0. The number of rotatable bonds is 6. The lowest BCUT2D eigenvalue weighted by Gasteiger charge is -2.16. The number of hydrogen-bond acceptors (Lipinski definition) is 3. The molecule has 0 unspecified atom stereocenters. The average Bonchev–Trinajstić information content (AvgIpc) is 2.46. The fraction of sp³-hybridized carbons (Fsp3) is 0.200. The van der Waals surface area contributed by atoms with Gasteiger partial charge < -0.3 is 4.74 Å². The largest absolute Gasteiger partial charge is 0.435 e. The van der Waals surface area contributed by atoms with E-state index in [1.807, 2.05) is 0 Å². The van der Waals surface area contributed by atoms with Crippen molar-refractivity contribution >= 4 is 26.0 Å². The molecule has 0 saturated carbocycles. The summed E-state index contributed by atoms with van der Waals surface area (Å²) in [4.78, 5) is 0.104. The topological polar surface area (TPSA) is 55.4 Å². The van der Waals surface area contributed by atoms with Gasteiger partial charge in [-0.2, -0.15) is 8.78 Å². The highest BCUT2D eigenvalue weighted by atomic mass is 79.9. The maximum Gasteiger partial charge on any atom is 0.387 e. The fourth-order valence-electron chi connectivity index (χ4n) is 1.99. The van der Waals surface area contributed by atoms with E-state index >= 15 is 0 Å². The van der Waals surface area contributed by atoms with Crippen LogP contribution in [-0.2, 0) is 10.0 Å². The van der Waals surface area contributed by atoms with Gasteiger partial charge in [0.1, 0.15) is 5.75 Å². The van der Waals surface area contributed by atoms with Gasteiger partial charge in [-0.25, -0.2) is 13.1 Å². The van der Waals surface area contributed by atoms with Crippen molar-refractivity contribution in [3.8, 4) is 5.75 Å². The maximum absolute atomic E-state index is 12.4. The lowest BCUT2D eigenvalue weighted by Crippen LogP contribution is -2.27. The molecule has 0 aliphatic heterocycles. The first-order valence-electron chi connectivity index (χ1n) is 6.61. The Morgan fingerprint density at radius 2 is 1.83 bits per heavy atom. The van der Waals surface area contributed by atoms with Crippen LogP contribution in [0.5, 0.6) is 5.75 Å². The molecule has 2 aromatic carbocycles. The fourth-order valence-corrected chi connectivity index (χ4v) is 4.22. The number of nitrogens with one attached hydrogen (secondary N) is 1. The Balaban J connectivity index is 2.21. The highest BCUT2D eigenvalue weighted by Gasteiger charge is 2.21. The Hall–Kier alpha value is -1.51. The van der Waals surface area contributed by atoms with Crippen molar-refractivity contribution in [3.63, 3.8) is 0 Å². The zero-order valence-electron chi connectivity index (χ0n) is 12.0. The van der Waals surface area contributed by atoms with Crippen molar-refractivity contribution < 1.29 is 21.9 Å². The van der Waals surface area contributed by atoms with Crippen LogP contribution in [0, 0.1) is 0 Å². The number of ether oxygens (including phenoxy) is 1. The molecule has 0 saturated heterocycles. The minimum absolute atomic E-state index is 0.0237. The van der Waals surface area contributed by atoms with E-state index in [4.69, 9.17) is 0 Å². The zero-order valence-corrected chi connectivity index (χ0v) is 14.4. The molecule has 0 aliphatic rings. The van der Waals surface area contributed by atoms with E-state index in [2.05, 4.69) is 25.4 Å². The second kappa shape index (κ2) is 7.37. The van der Waals surface area contributed by atoms with E-state index in [1.54, 1.807) is 31.2 Å². The van der Waals surface area contributed by atoms with Crippen LogP contribution >= 0.6 is 15.9 Å². The van der Waals surface area contributed by atoms with Crippen molar-refractivity contribution in [3.05, 3.63) is 58.6 Å². The van der Waals surface area contributed by atoms with Gasteiger partial charge in [0.05, 0.1) is 4.90 Å². The van der Waals surface area contributed by atoms with Gasteiger partial charge in [0, 0.05) is 10.5 Å². The Labute approximate surface area is 141 Å². The summed E-state index contributed by atoms with van der Waals surface area (Å²) in [6.45, 7) is -1.31. The summed E-state index contributed by atoms with van der Waals surface area (Å²) >= 11 is 3.19. The van der Waals surface area contributed by atoms with Crippen molar-refractivity contribution in [1.29, 1.82) is 0 Å². The summed E-state index contributed by atoms with van der Waals surface area (Å²) in [7, 11) is -3.76. The first-order chi connectivity index (χ1) is 10.8. The second-order valence-corrected chi connectivity index (χ2v) is 7.26. The molecule has 1 atom stereocenters. The van der Waals surface area contributed by atoms with Crippen LogP contribution in [0.15, 0.2) is 57.9 Å². The predicted molar refractivity (Wildman–Crippen MR) is 86.0 cm³/mol. The van der Waals surface area contributed by atoms with Crippen LogP contribution in [0.1, 0.15) is 18.5 Å². The molecule has 0 heterocycles. The molecule has 124 valence electrons. The van der Waals surface area contributed by atoms with Gasteiger partial charge in [0.25, 0.3) is 0 Å². The van der Waals surface area contributed by atoms with Gasteiger partial charge in [0.2, 0.25) is 10.0 Å². The summed E-state index contributed by atoms with van der Waals surface area (Å²) < 4.78 is 56.6. The van der Waals surface area contributed by atoms with Crippen LogP contribution in [0.4, 0.5) is 8.78 Å². The van der Waals surface area contributed by atoms with E-state index in [0.29, 0.717) is 10.0 Å². The third kappa shape index (κ3) is 4.73. The molecule has 0 bridgehead atoms. The monoisotopic (exact) mass is 405 g/mol. The number of benzene rings is 2. The van der Waals surface area contributed by atoms with Crippen LogP contribution in [0.25, 0.3) is 0 Å². The summed E-state index contributed by atoms with van der Waals surface area (Å²) in [5.74, 6) is -0.0237. The standard InChI is InChI=1S/C15H14BrF2NO3S/c1-10(11-5-4-6-12(9-11)22-15(17)18)19-23(20,21)14-8-3-2-7-13(14)16/h2-10,15,19H,1H3/t10-/m0/s1. The number of hydrogen-bond donors (Lipinski definition) is 1.